The monoisotopic (exact) mass is 790 g/mol. The highest BCUT2D eigenvalue weighted by atomic mass is 15.1. The smallest absolute Gasteiger partial charge is 0.0979 e. The van der Waals surface area contributed by atoms with Gasteiger partial charge in [-0.3, -0.25) is 4.98 Å². The molecule has 0 spiro atoms. The summed E-state index contributed by atoms with van der Waals surface area (Å²) in [4.78, 5) is 12.6. The maximum Gasteiger partial charge on any atom is 0.0979 e. The molecule has 12 rings (SSSR count). The summed E-state index contributed by atoms with van der Waals surface area (Å²) < 4.78 is 2.36. The molecule has 0 N–H and O–H groups in total. The predicted octanol–water partition coefficient (Wildman–Crippen LogP) is 15.5. The van der Waals surface area contributed by atoms with E-state index in [1.54, 1.807) is 0 Å². The second-order valence-corrected chi connectivity index (χ2v) is 15.8. The highest BCUT2D eigenvalue weighted by Crippen LogP contribution is 2.40. The van der Waals surface area contributed by atoms with Crippen molar-refractivity contribution in [2.24, 2.45) is 0 Å². The number of nitrogens with zero attached hydrogens (tertiary/aromatic N) is 4. The minimum Gasteiger partial charge on any atom is -0.311 e. The van der Waals surface area contributed by atoms with E-state index in [-0.39, 0.29) is 0 Å². The number of hydrogen-bond acceptors (Lipinski definition) is 3. The SMILES string of the molecule is c1ccc(-c2ccc(N(c3ccc(-c4ccc5c(c4)c4ccccc4n5-c4ccccc4)cc3)c3ccc(-c4cnc5c6ccccc6c6ccccc6c5n4)cc3)cc2)cc1. The Bertz CT molecular complexity index is 3560. The third-order valence-corrected chi connectivity index (χ3v) is 12.2. The molecule has 0 fully saturated rings. The molecule has 290 valence electrons. The first-order chi connectivity index (χ1) is 30.7. The van der Waals surface area contributed by atoms with Crippen molar-refractivity contribution in [2.45, 2.75) is 0 Å². The molecule has 0 atom stereocenters. The summed E-state index contributed by atoms with van der Waals surface area (Å²) in [5, 5.41) is 7.10. The Labute approximate surface area is 359 Å². The van der Waals surface area contributed by atoms with Crippen LogP contribution in [0.1, 0.15) is 0 Å². The van der Waals surface area contributed by atoms with E-state index in [1.807, 2.05) is 6.20 Å². The van der Waals surface area contributed by atoms with Crippen molar-refractivity contribution in [1.82, 2.24) is 14.5 Å². The van der Waals surface area contributed by atoms with Crippen molar-refractivity contribution in [3.05, 3.63) is 231 Å². The zero-order valence-electron chi connectivity index (χ0n) is 33.7. The summed E-state index contributed by atoms with van der Waals surface area (Å²) in [6.45, 7) is 0. The van der Waals surface area contributed by atoms with Crippen molar-refractivity contribution in [1.29, 1.82) is 0 Å². The summed E-state index contributed by atoms with van der Waals surface area (Å²) in [6.07, 6.45) is 1.91. The third kappa shape index (κ3) is 6.00. The van der Waals surface area contributed by atoms with Crippen LogP contribution in [-0.2, 0) is 0 Å². The molecule has 0 saturated heterocycles. The van der Waals surface area contributed by atoms with Crippen molar-refractivity contribution in [3.63, 3.8) is 0 Å². The van der Waals surface area contributed by atoms with E-state index in [9.17, 15) is 0 Å². The summed E-state index contributed by atoms with van der Waals surface area (Å²) in [5.74, 6) is 0. The summed E-state index contributed by atoms with van der Waals surface area (Å²) in [6, 6.07) is 80.2. The minimum absolute atomic E-state index is 0.844. The van der Waals surface area contributed by atoms with Gasteiger partial charge in [0.25, 0.3) is 0 Å². The molecule has 2 aromatic heterocycles. The van der Waals surface area contributed by atoms with E-state index < -0.39 is 0 Å². The van der Waals surface area contributed by atoms with Crippen LogP contribution in [0.2, 0.25) is 0 Å². The van der Waals surface area contributed by atoms with Crippen molar-refractivity contribution >= 4 is 71.4 Å². The molecule has 4 heteroatoms. The zero-order valence-corrected chi connectivity index (χ0v) is 33.7. The lowest BCUT2D eigenvalue weighted by atomic mass is 9.99. The first kappa shape index (κ1) is 35.6. The number of benzene rings is 10. The van der Waals surface area contributed by atoms with Gasteiger partial charge >= 0.3 is 0 Å². The van der Waals surface area contributed by atoms with Gasteiger partial charge in [-0.05, 0) is 99.8 Å². The lowest BCUT2D eigenvalue weighted by molar-refractivity contribution is 1.18. The quantitative estimate of drug-likeness (QED) is 0.151. The molecule has 0 aliphatic heterocycles. The molecule has 0 saturated carbocycles. The maximum absolute atomic E-state index is 5.27. The third-order valence-electron chi connectivity index (χ3n) is 12.2. The Hall–Kier alpha value is -8.34. The van der Waals surface area contributed by atoms with Gasteiger partial charge in [-0.15, -0.1) is 0 Å². The molecule has 0 aliphatic rings. The van der Waals surface area contributed by atoms with Crippen LogP contribution < -0.4 is 4.90 Å². The predicted molar refractivity (Wildman–Crippen MR) is 260 cm³/mol. The molecule has 12 aromatic rings. The van der Waals surface area contributed by atoms with Crippen LogP contribution in [0.25, 0.3) is 93.6 Å². The number of aromatic nitrogens is 3. The van der Waals surface area contributed by atoms with Gasteiger partial charge in [-0.2, -0.15) is 0 Å². The van der Waals surface area contributed by atoms with Crippen LogP contribution in [0.15, 0.2) is 231 Å². The number of anilines is 3. The second-order valence-electron chi connectivity index (χ2n) is 15.8. The van der Waals surface area contributed by atoms with Crippen LogP contribution in [0.5, 0.6) is 0 Å². The molecule has 10 aromatic carbocycles. The molecular weight excluding hydrogens is 753 g/mol. The summed E-state index contributed by atoms with van der Waals surface area (Å²) >= 11 is 0. The molecule has 62 heavy (non-hydrogen) atoms. The van der Waals surface area contributed by atoms with Crippen LogP contribution >= 0.6 is 0 Å². The fraction of sp³-hybridized carbons (Fsp3) is 0. The van der Waals surface area contributed by atoms with Crippen LogP contribution in [0, 0.1) is 0 Å². The number of para-hydroxylation sites is 2. The van der Waals surface area contributed by atoms with E-state index in [2.05, 4.69) is 234 Å². The zero-order chi connectivity index (χ0) is 41.0. The van der Waals surface area contributed by atoms with Gasteiger partial charge < -0.3 is 9.47 Å². The fourth-order valence-corrected chi connectivity index (χ4v) is 9.23. The van der Waals surface area contributed by atoms with Gasteiger partial charge in [-0.25, -0.2) is 4.98 Å². The Morgan fingerprint density at radius 1 is 0.323 bits per heavy atom. The fourth-order valence-electron chi connectivity index (χ4n) is 9.23. The summed E-state index contributed by atoms with van der Waals surface area (Å²) in [7, 11) is 0. The summed E-state index contributed by atoms with van der Waals surface area (Å²) in [5.41, 5.74) is 15.2. The Morgan fingerprint density at radius 2 is 0.774 bits per heavy atom. The Balaban J connectivity index is 0.929. The van der Waals surface area contributed by atoms with Crippen molar-refractivity contribution in [2.75, 3.05) is 4.90 Å². The van der Waals surface area contributed by atoms with E-state index in [4.69, 9.17) is 9.97 Å². The maximum atomic E-state index is 5.27. The molecule has 0 amide bonds. The molecular formula is C58H38N4. The average Bonchev–Trinajstić information content (AvgIpc) is 3.69. The van der Waals surface area contributed by atoms with E-state index in [0.29, 0.717) is 0 Å². The van der Waals surface area contributed by atoms with E-state index >= 15 is 0 Å². The normalized spacial score (nSPS) is 11.5. The molecule has 2 heterocycles. The van der Waals surface area contributed by atoms with Crippen LogP contribution in [0.4, 0.5) is 17.1 Å². The van der Waals surface area contributed by atoms with Gasteiger partial charge in [0.15, 0.2) is 0 Å². The Morgan fingerprint density at radius 3 is 1.40 bits per heavy atom. The van der Waals surface area contributed by atoms with Gasteiger partial charge in [0.1, 0.15) is 0 Å². The first-order valence-corrected chi connectivity index (χ1v) is 21.1. The van der Waals surface area contributed by atoms with Gasteiger partial charge in [0.2, 0.25) is 0 Å². The van der Waals surface area contributed by atoms with Crippen molar-refractivity contribution < 1.29 is 0 Å². The number of hydrogen-bond donors (Lipinski definition) is 0. The van der Waals surface area contributed by atoms with Crippen LogP contribution in [-0.4, -0.2) is 14.5 Å². The highest BCUT2D eigenvalue weighted by Gasteiger charge is 2.17. The molecule has 0 radical (unpaired) electrons. The van der Waals surface area contributed by atoms with Gasteiger partial charge in [-0.1, -0.05) is 158 Å². The standard InChI is InChI=1S/C58H38N4/c1-3-13-39(14-4-1)40-23-30-45(31-24-40)61(47-34-27-42(28-35-47)54-38-59-57-51-20-9-7-17-48(51)49-18-8-10-21-52(49)58(57)60-54)46-32-25-41(26-33-46)43-29-36-56-53(37-43)50-19-11-12-22-55(50)62(56)44-15-5-2-6-16-44/h1-38H. The van der Waals surface area contributed by atoms with E-state index in [1.165, 1.54) is 49.3 Å². The topological polar surface area (TPSA) is 34.0 Å². The van der Waals surface area contributed by atoms with Gasteiger partial charge in [0, 0.05) is 49.9 Å². The lowest BCUT2D eigenvalue weighted by Crippen LogP contribution is -2.09. The van der Waals surface area contributed by atoms with Crippen molar-refractivity contribution in [3.8, 4) is 39.2 Å². The molecule has 4 nitrogen and oxygen atoms in total. The highest BCUT2D eigenvalue weighted by molar-refractivity contribution is 6.23. The van der Waals surface area contributed by atoms with E-state index in [0.717, 1.165) is 61.4 Å². The second kappa shape index (κ2) is 14.7. The molecule has 0 unspecified atom stereocenters. The minimum atomic E-state index is 0.844. The Kier molecular flexibility index (Phi) is 8.46. The largest absolute Gasteiger partial charge is 0.311 e. The first-order valence-electron chi connectivity index (χ1n) is 21.1. The number of fused-ring (bicyclic) bond motifs is 9. The number of rotatable bonds is 7. The van der Waals surface area contributed by atoms with Crippen LogP contribution in [0.3, 0.4) is 0 Å². The molecule has 0 aliphatic carbocycles. The average molecular weight is 791 g/mol. The van der Waals surface area contributed by atoms with Gasteiger partial charge in [0.05, 0.1) is 34.0 Å². The molecule has 0 bridgehead atoms. The lowest BCUT2D eigenvalue weighted by Gasteiger charge is -2.26.